The number of amides is 1. The third-order valence-electron chi connectivity index (χ3n) is 1.62. The van der Waals surface area contributed by atoms with Gasteiger partial charge in [0, 0.05) is 0 Å². The van der Waals surface area contributed by atoms with Gasteiger partial charge >= 0.3 is 0 Å². The standard InChI is InChI=1S/C8H2F4N2O/c9-4-2(1-13)5(10)7(12)3(6(4)11)8(14)15/h(H2,14,15). The van der Waals surface area contributed by atoms with Gasteiger partial charge in [-0.1, -0.05) is 0 Å². The maximum atomic E-state index is 12.9. The summed E-state index contributed by atoms with van der Waals surface area (Å²) in [4.78, 5) is 10.5. The van der Waals surface area contributed by atoms with Crippen molar-refractivity contribution >= 4 is 5.91 Å². The maximum Gasteiger partial charge on any atom is 0.254 e. The lowest BCUT2D eigenvalue weighted by molar-refractivity contribution is 0.0989. The van der Waals surface area contributed by atoms with Crippen LogP contribution >= 0.6 is 0 Å². The number of carbonyl (C=O) groups is 1. The first-order valence-corrected chi connectivity index (χ1v) is 3.47. The molecule has 0 aromatic heterocycles. The monoisotopic (exact) mass is 218 g/mol. The van der Waals surface area contributed by atoms with Gasteiger partial charge in [0.05, 0.1) is 0 Å². The topological polar surface area (TPSA) is 66.9 Å². The van der Waals surface area contributed by atoms with E-state index in [0.717, 1.165) is 6.07 Å². The minimum Gasteiger partial charge on any atom is -0.365 e. The summed E-state index contributed by atoms with van der Waals surface area (Å²) in [7, 11) is 0. The zero-order valence-corrected chi connectivity index (χ0v) is 6.94. The number of carbonyl (C=O) groups excluding carboxylic acids is 1. The number of nitriles is 1. The number of hydrogen-bond acceptors (Lipinski definition) is 2. The Hall–Kier alpha value is -2.10. The van der Waals surface area contributed by atoms with Crippen LogP contribution in [0.15, 0.2) is 0 Å². The average Bonchev–Trinajstić information content (AvgIpc) is 2.16. The molecule has 0 heterocycles. The number of hydrogen-bond donors (Lipinski definition) is 1. The first-order valence-electron chi connectivity index (χ1n) is 3.47. The van der Waals surface area contributed by atoms with E-state index in [4.69, 9.17) is 5.26 Å². The van der Waals surface area contributed by atoms with Crippen LogP contribution in [0.3, 0.4) is 0 Å². The van der Waals surface area contributed by atoms with E-state index >= 15 is 0 Å². The molecule has 1 aromatic carbocycles. The second-order valence-electron chi connectivity index (χ2n) is 2.48. The zero-order valence-electron chi connectivity index (χ0n) is 6.94. The third kappa shape index (κ3) is 1.50. The Labute approximate surface area is 80.7 Å². The third-order valence-corrected chi connectivity index (χ3v) is 1.62. The number of halogens is 4. The molecule has 7 heteroatoms. The Morgan fingerprint density at radius 3 is 1.73 bits per heavy atom. The van der Waals surface area contributed by atoms with Crippen molar-refractivity contribution in [2.45, 2.75) is 0 Å². The molecule has 0 aliphatic carbocycles. The van der Waals surface area contributed by atoms with E-state index in [9.17, 15) is 22.4 Å². The van der Waals surface area contributed by atoms with E-state index in [0.29, 0.717) is 0 Å². The highest BCUT2D eigenvalue weighted by Gasteiger charge is 2.27. The average molecular weight is 218 g/mol. The zero-order chi connectivity index (χ0) is 11.7. The Morgan fingerprint density at radius 1 is 1.07 bits per heavy atom. The number of rotatable bonds is 1. The minimum absolute atomic E-state index is 0.929. The van der Waals surface area contributed by atoms with Crippen LogP contribution in [0.2, 0.25) is 0 Å². The van der Waals surface area contributed by atoms with Crippen LogP contribution < -0.4 is 5.73 Å². The molecule has 0 fully saturated rings. The molecule has 0 bridgehead atoms. The van der Waals surface area contributed by atoms with Crippen LogP contribution in [-0.4, -0.2) is 5.91 Å². The summed E-state index contributed by atoms with van der Waals surface area (Å²) in [5, 5.41) is 8.20. The summed E-state index contributed by atoms with van der Waals surface area (Å²) in [6, 6.07) is 0.929. The summed E-state index contributed by atoms with van der Waals surface area (Å²) in [6.07, 6.45) is 0. The summed E-state index contributed by atoms with van der Waals surface area (Å²) in [5.74, 6) is -9.49. The normalized spacial score (nSPS) is 9.80. The SMILES string of the molecule is N#Cc1c(F)c(F)c(C(N)=O)c(F)c1F. The Morgan fingerprint density at radius 2 is 1.47 bits per heavy atom. The molecule has 1 amide bonds. The van der Waals surface area contributed by atoms with Crippen LogP contribution in [0, 0.1) is 34.6 Å². The lowest BCUT2D eigenvalue weighted by Gasteiger charge is -2.04. The number of benzene rings is 1. The molecule has 0 aliphatic heterocycles. The quantitative estimate of drug-likeness (QED) is 0.568. The minimum atomic E-state index is -1.97. The Balaban J connectivity index is 3.76. The molecular formula is C8H2F4N2O. The number of primary amides is 1. The van der Waals surface area contributed by atoms with Crippen molar-refractivity contribution in [2.24, 2.45) is 5.73 Å². The summed E-state index contributed by atoms with van der Waals surface area (Å²) in [6.45, 7) is 0. The molecule has 1 rings (SSSR count). The predicted octanol–water partition coefficient (Wildman–Crippen LogP) is 1.21. The first-order chi connectivity index (χ1) is 6.91. The highest BCUT2D eigenvalue weighted by Crippen LogP contribution is 2.23. The molecule has 0 radical (unpaired) electrons. The fourth-order valence-electron chi connectivity index (χ4n) is 0.946. The van der Waals surface area contributed by atoms with Gasteiger partial charge < -0.3 is 5.73 Å². The van der Waals surface area contributed by atoms with Gasteiger partial charge in [-0.3, -0.25) is 4.79 Å². The van der Waals surface area contributed by atoms with Crippen molar-refractivity contribution < 1.29 is 22.4 Å². The second kappa shape index (κ2) is 3.57. The van der Waals surface area contributed by atoms with Crippen molar-refractivity contribution in [3.63, 3.8) is 0 Å². The van der Waals surface area contributed by atoms with Crippen LogP contribution in [0.5, 0.6) is 0 Å². The Kier molecular flexibility index (Phi) is 2.61. The maximum absolute atomic E-state index is 12.9. The van der Waals surface area contributed by atoms with Crippen LogP contribution in [0.1, 0.15) is 15.9 Å². The summed E-state index contributed by atoms with van der Waals surface area (Å²) < 4.78 is 51.5. The van der Waals surface area contributed by atoms with E-state index in [2.05, 4.69) is 5.73 Å². The van der Waals surface area contributed by atoms with Crippen LogP contribution in [0.4, 0.5) is 17.6 Å². The smallest absolute Gasteiger partial charge is 0.254 e. The fourth-order valence-corrected chi connectivity index (χ4v) is 0.946. The lowest BCUT2D eigenvalue weighted by atomic mass is 10.1. The molecule has 0 spiro atoms. The molecule has 0 saturated heterocycles. The molecule has 78 valence electrons. The van der Waals surface area contributed by atoms with Crippen molar-refractivity contribution in [1.82, 2.24) is 0 Å². The largest absolute Gasteiger partial charge is 0.365 e. The second-order valence-corrected chi connectivity index (χ2v) is 2.48. The molecule has 15 heavy (non-hydrogen) atoms. The van der Waals surface area contributed by atoms with Crippen LogP contribution in [0.25, 0.3) is 0 Å². The van der Waals surface area contributed by atoms with Crippen molar-refractivity contribution in [2.75, 3.05) is 0 Å². The first kappa shape index (κ1) is 11.0. The van der Waals surface area contributed by atoms with Gasteiger partial charge in [0.1, 0.15) is 17.2 Å². The molecule has 2 N–H and O–H groups in total. The van der Waals surface area contributed by atoms with Gasteiger partial charge in [0.2, 0.25) is 0 Å². The lowest BCUT2D eigenvalue weighted by Crippen LogP contribution is -2.19. The van der Waals surface area contributed by atoms with Gasteiger partial charge in [-0.2, -0.15) is 5.26 Å². The molecule has 0 saturated carbocycles. The molecule has 0 unspecified atom stereocenters. The van der Waals surface area contributed by atoms with Gasteiger partial charge in [-0.15, -0.1) is 0 Å². The van der Waals surface area contributed by atoms with Gasteiger partial charge in [-0.25, -0.2) is 17.6 Å². The molecular weight excluding hydrogens is 216 g/mol. The highest BCUT2D eigenvalue weighted by molar-refractivity contribution is 5.93. The summed E-state index contributed by atoms with van der Waals surface area (Å²) >= 11 is 0. The van der Waals surface area contributed by atoms with E-state index in [1.807, 2.05) is 0 Å². The van der Waals surface area contributed by atoms with Crippen molar-refractivity contribution in [3.05, 3.63) is 34.4 Å². The predicted molar refractivity (Wildman–Crippen MR) is 39.5 cm³/mol. The van der Waals surface area contributed by atoms with Crippen LogP contribution in [-0.2, 0) is 0 Å². The molecule has 0 atom stereocenters. The van der Waals surface area contributed by atoms with Crippen molar-refractivity contribution in [1.29, 1.82) is 5.26 Å². The number of nitrogens with zero attached hydrogens (tertiary/aromatic N) is 1. The highest BCUT2D eigenvalue weighted by atomic mass is 19.2. The Bertz CT molecular complexity index is 463. The van der Waals surface area contributed by atoms with E-state index in [1.165, 1.54) is 0 Å². The fraction of sp³-hybridized carbons (Fsp3) is 0. The molecule has 1 aromatic rings. The number of nitrogens with two attached hydrogens (primary N) is 1. The summed E-state index contributed by atoms with van der Waals surface area (Å²) in [5.41, 5.74) is 1.54. The molecule has 0 aliphatic rings. The molecule has 3 nitrogen and oxygen atoms in total. The van der Waals surface area contributed by atoms with E-state index in [-0.39, 0.29) is 0 Å². The van der Waals surface area contributed by atoms with Crippen molar-refractivity contribution in [3.8, 4) is 6.07 Å². The van der Waals surface area contributed by atoms with Gasteiger partial charge in [0.15, 0.2) is 23.3 Å². The van der Waals surface area contributed by atoms with Gasteiger partial charge in [-0.05, 0) is 0 Å². The van der Waals surface area contributed by atoms with E-state index < -0.39 is 40.3 Å². The van der Waals surface area contributed by atoms with E-state index in [1.54, 1.807) is 0 Å². The van der Waals surface area contributed by atoms with Gasteiger partial charge in [0.25, 0.3) is 5.91 Å².